The first-order valence-corrected chi connectivity index (χ1v) is 1.34. The average Bonchev–Trinajstić information content (AvgIpc) is 1.00. The van der Waals surface area contributed by atoms with Gasteiger partial charge in [-0.3, -0.25) is 0 Å². The van der Waals surface area contributed by atoms with E-state index in [4.69, 9.17) is 4.16 Å². The summed E-state index contributed by atoms with van der Waals surface area (Å²) in [6.07, 6.45) is 0. The predicted octanol–water partition coefficient (Wildman–Crippen LogP) is -2.30. The molecule has 0 saturated heterocycles. The smallest absolute Gasteiger partial charge is 0.407 e. The maximum absolute atomic E-state index is 7.14. The molecule has 0 rings (SSSR count). The van der Waals surface area contributed by atoms with Gasteiger partial charge >= 0.3 is 16.6 Å². The van der Waals surface area contributed by atoms with Crippen LogP contribution in [0, 0.1) is 0 Å². The molecule has 0 amide bonds. The van der Waals surface area contributed by atoms with Gasteiger partial charge in [0, 0.05) is 16.5 Å². The van der Waals surface area contributed by atoms with Crippen molar-refractivity contribution >= 4 is 16.6 Å². The van der Waals surface area contributed by atoms with Gasteiger partial charge in [0.2, 0.25) is 0 Å². The van der Waals surface area contributed by atoms with E-state index in [-0.39, 0.29) is 22.0 Å². The van der Waals surface area contributed by atoms with E-state index >= 15 is 0 Å². The normalized spacial score (nSPS) is 1.25. The largest absolute Gasteiger partial charge is 0.521 e. The Balaban J connectivity index is -0.00000000500. The molecule has 0 aromatic rings. The van der Waals surface area contributed by atoms with Crippen LogP contribution in [-0.4, -0.2) is 26.3 Å². The predicted molar refractivity (Wildman–Crippen MR) is 14.4 cm³/mol. The molecule has 0 aliphatic rings. The molecule has 0 aromatic carbocycles. The van der Waals surface area contributed by atoms with Crippen LogP contribution in [0.4, 0.5) is 0 Å². The zero-order valence-corrected chi connectivity index (χ0v) is 5.25. The van der Waals surface area contributed by atoms with Crippen molar-refractivity contribution in [3.63, 3.8) is 0 Å². The van der Waals surface area contributed by atoms with Gasteiger partial charge in [-0.1, -0.05) is 0 Å². The van der Waals surface area contributed by atoms with E-state index in [1.165, 1.54) is 0 Å². The van der Waals surface area contributed by atoms with Gasteiger partial charge in [0.25, 0.3) is 0 Å². The van der Waals surface area contributed by atoms with Crippen LogP contribution in [0.2, 0.25) is 0 Å². The Labute approximate surface area is 43.2 Å². The van der Waals surface area contributed by atoms with Gasteiger partial charge in [-0.05, 0) is 0 Å². The molecule has 4 heteroatoms. The van der Waals surface area contributed by atoms with Crippen LogP contribution >= 0.6 is 0 Å². The first kappa shape index (κ1) is 20.3. The number of hydrogen-bond acceptors (Lipinski definition) is 1. The van der Waals surface area contributed by atoms with Crippen molar-refractivity contribution in [3.05, 3.63) is 0 Å². The van der Waals surface area contributed by atoms with E-state index in [9.17, 15) is 0 Å². The third-order valence-corrected chi connectivity index (χ3v) is 0. The summed E-state index contributed by atoms with van der Waals surface area (Å²) in [4.78, 5) is 0. The van der Waals surface area contributed by atoms with Gasteiger partial charge in [0.05, 0.1) is 0 Å². The molecule has 30 valence electrons. The Morgan fingerprint density at radius 1 is 1.25 bits per heavy atom. The van der Waals surface area contributed by atoms with Crippen molar-refractivity contribution in [3.8, 4) is 0 Å². The van der Waals surface area contributed by atoms with E-state index in [0.29, 0.717) is 16.6 Å². The molecule has 0 spiro atoms. The number of rotatable bonds is 0. The molecule has 4 heavy (non-hydrogen) atoms. The third kappa shape index (κ3) is 12.5. The third-order valence-electron chi connectivity index (χ3n) is 0. The van der Waals surface area contributed by atoms with E-state index in [2.05, 4.69) is 0 Å². The first-order chi connectivity index (χ1) is 1.00. The molecule has 0 aliphatic heterocycles. The Morgan fingerprint density at radius 3 is 1.25 bits per heavy atom. The van der Waals surface area contributed by atoms with Crippen LogP contribution < -0.4 is 0 Å². The van der Waals surface area contributed by atoms with Crippen molar-refractivity contribution in [2.75, 3.05) is 0 Å². The standard InChI is InChI=1S/Al.Ni.2H2O.2H/h;;2*1H2;;/q+1;;;;;/p-1. The Bertz CT molecular complexity index is 6.00. The Morgan fingerprint density at radius 2 is 1.25 bits per heavy atom. The van der Waals surface area contributed by atoms with Crippen LogP contribution in [0.15, 0.2) is 0 Å². The fraction of sp³-hybridized carbons (Fsp3) is 0. The van der Waals surface area contributed by atoms with Crippen LogP contribution in [-0.2, 0) is 16.5 Å². The fourth-order valence-corrected chi connectivity index (χ4v) is 0. The zero-order chi connectivity index (χ0) is 2.00. The van der Waals surface area contributed by atoms with Crippen molar-refractivity contribution in [1.82, 2.24) is 0 Å². The maximum atomic E-state index is 7.14. The minimum atomic E-state index is 0. The molecule has 0 unspecified atom stereocenters. The molecule has 3 N–H and O–H groups in total. The second kappa shape index (κ2) is 38.3. The molecule has 0 heterocycles. The van der Waals surface area contributed by atoms with Crippen molar-refractivity contribution in [2.24, 2.45) is 0 Å². The summed E-state index contributed by atoms with van der Waals surface area (Å²) < 4.78 is 7.14. The summed E-state index contributed by atoms with van der Waals surface area (Å²) in [5.74, 6) is 0. The van der Waals surface area contributed by atoms with Crippen LogP contribution in [0.3, 0.4) is 0 Å². The number of hydrogen-bond donors (Lipinski definition) is 1. The van der Waals surface area contributed by atoms with E-state index in [1.54, 1.807) is 0 Å². The van der Waals surface area contributed by atoms with Crippen LogP contribution in [0.25, 0.3) is 0 Å². The summed E-state index contributed by atoms with van der Waals surface area (Å²) in [6.45, 7) is 0. The molecule has 2 nitrogen and oxygen atoms in total. The molecule has 0 bridgehead atoms. The molecule has 0 fully saturated rings. The zero-order valence-electron chi connectivity index (χ0n) is 2.26. The van der Waals surface area contributed by atoms with E-state index in [1.807, 2.05) is 0 Å². The maximum Gasteiger partial charge on any atom is 0.407 e. The van der Waals surface area contributed by atoms with E-state index in [0.717, 1.165) is 0 Å². The molecule has 0 aromatic heterocycles. The molecule has 0 aliphatic carbocycles. The summed E-state index contributed by atoms with van der Waals surface area (Å²) in [5.41, 5.74) is 0. The van der Waals surface area contributed by atoms with Gasteiger partial charge in [0.15, 0.2) is 0 Å². The minimum absolute atomic E-state index is 0. The molecule has 0 radical (unpaired) electrons. The summed E-state index contributed by atoms with van der Waals surface area (Å²) in [7, 11) is 0. The average molecular weight is 123 g/mol. The second-order valence-electron chi connectivity index (χ2n) is 0. The summed E-state index contributed by atoms with van der Waals surface area (Å²) in [5, 5.41) is 0. The summed E-state index contributed by atoms with van der Waals surface area (Å²) in [6, 6.07) is 0. The molecular formula is H5AlNiO2. The topological polar surface area (TPSA) is 51.7 Å². The SMILES string of the molecule is O.[Ni].[OH][AlH2]. The van der Waals surface area contributed by atoms with E-state index < -0.39 is 0 Å². The summed E-state index contributed by atoms with van der Waals surface area (Å²) >= 11 is 0.306. The second-order valence-corrected chi connectivity index (χ2v) is 0. The van der Waals surface area contributed by atoms with Gasteiger partial charge in [-0.25, -0.2) is 0 Å². The molecular weight excluding hydrogens is 118 g/mol. The van der Waals surface area contributed by atoms with Crippen LogP contribution in [0.1, 0.15) is 0 Å². The molecule has 0 atom stereocenters. The van der Waals surface area contributed by atoms with Gasteiger partial charge in [-0.2, -0.15) is 0 Å². The molecule has 0 saturated carbocycles. The Hall–Kier alpha value is 0.946. The Kier molecular flexibility index (Phi) is 195. The van der Waals surface area contributed by atoms with Gasteiger partial charge in [-0.15, -0.1) is 0 Å². The quantitative estimate of drug-likeness (QED) is 0.361. The minimum Gasteiger partial charge on any atom is -0.521 e. The van der Waals surface area contributed by atoms with Crippen molar-refractivity contribution < 1.29 is 26.1 Å². The monoisotopic (exact) mass is 122 g/mol. The van der Waals surface area contributed by atoms with Crippen LogP contribution in [0.5, 0.6) is 0 Å². The van der Waals surface area contributed by atoms with Gasteiger partial charge < -0.3 is 9.63 Å². The fourth-order valence-electron chi connectivity index (χ4n) is 0. The van der Waals surface area contributed by atoms with Gasteiger partial charge in [0.1, 0.15) is 0 Å². The van der Waals surface area contributed by atoms with Crippen molar-refractivity contribution in [2.45, 2.75) is 0 Å². The van der Waals surface area contributed by atoms with Crippen molar-refractivity contribution in [1.29, 1.82) is 0 Å². The first-order valence-electron chi connectivity index (χ1n) is 0.447.